The molecule has 0 radical (unpaired) electrons. The lowest BCUT2D eigenvalue weighted by Crippen LogP contribution is -1.95. The van der Waals surface area contributed by atoms with Gasteiger partial charge in [-0.1, -0.05) is 0 Å². The first-order valence-corrected chi connectivity index (χ1v) is 12.6. The summed E-state index contributed by atoms with van der Waals surface area (Å²) in [6, 6.07) is 22.5. The van der Waals surface area contributed by atoms with E-state index in [-0.39, 0.29) is 61.9 Å². The Bertz CT molecular complexity index is 2000. The molecule has 0 aliphatic carbocycles. The number of aliphatic hydroxyl groups is 2. The molecule has 0 aromatic heterocycles. The average Bonchev–Trinajstić information content (AvgIpc) is 3.08. The summed E-state index contributed by atoms with van der Waals surface area (Å²) in [4.78, 5) is 29.4. The summed E-state index contributed by atoms with van der Waals surface area (Å²) in [5.41, 5.74) is 0.473. The van der Waals surface area contributed by atoms with Crippen LogP contribution in [0.4, 0.5) is 17.1 Å². The van der Waals surface area contributed by atoms with E-state index in [0.717, 1.165) is 12.1 Å². The van der Waals surface area contributed by atoms with Gasteiger partial charge in [0.25, 0.3) is 17.1 Å². The van der Waals surface area contributed by atoms with Gasteiger partial charge in [0.1, 0.15) is 41.5 Å². The minimum atomic E-state index is -0.609. The highest BCUT2D eigenvalue weighted by Gasteiger charge is 2.13. The maximum Gasteiger partial charge on any atom is 0.270 e. The fraction of sp³-hybridized carbons (Fsp3) is 0.0667. The molecule has 4 rings (SSSR count). The van der Waals surface area contributed by atoms with Crippen LogP contribution >= 0.6 is 0 Å². The SMILES string of the molecule is N#Cc1ccc(Oc2ccc([N+](=O)[O-])cc2CO)cc1C#N.N#Cc1ccc([N+](=O)[O-])cc1C#N.O=[N+]([O-])c1ccc(O)c(CO)c1. The fourth-order valence-corrected chi connectivity index (χ4v) is 3.45. The fourth-order valence-electron chi connectivity index (χ4n) is 3.45. The van der Waals surface area contributed by atoms with Gasteiger partial charge >= 0.3 is 0 Å². The Morgan fingerprint density at radius 1 is 0.574 bits per heavy atom. The van der Waals surface area contributed by atoms with Crippen LogP contribution in [0.1, 0.15) is 33.4 Å². The van der Waals surface area contributed by atoms with Crippen LogP contribution in [0.5, 0.6) is 17.2 Å². The molecule has 0 fully saturated rings. The summed E-state index contributed by atoms with van der Waals surface area (Å²) in [5, 5.41) is 93.0. The third-order valence-corrected chi connectivity index (χ3v) is 5.78. The predicted molar refractivity (Wildman–Crippen MR) is 158 cm³/mol. The van der Waals surface area contributed by atoms with E-state index in [1.54, 1.807) is 12.1 Å². The molecule has 4 aromatic rings. The van der Waals surface area contributed by atoms with Crippen molar-refractivity contribution in [2.45, 2.75) is 13.2 Å². The molecule has 0 heterocycles. The summed E-state index contributed by atoms with van der Waals surface area (Å²) in [5.74, 6) is 0.393. The molecular weight excluding hydrogens is 618 g/mol. The van der Waals surface area contributed by atoms with Gasteiger partial charge in [-0.3, -0.25) is 30.3 Å². The van der Waals surface area contributed by atoms with Crippen molar-refractivity contribution in [2.24, 2.45) is 0 Å². The Morgan fingerprint density at radius 3 is 1.49 bits per heavy atom. The molecule has 3 N–H and O–H groups in total. The topological polar surface area (TPSA) is 294 Å². The summed E-state index contributed by atoms with van der Waals surface area (Å²) in [6.07, 6.45) is 0. The van der Waals surface area contributed by atoms with Crippen LogP contribution in [0.3, 0.4) is 0 Å². The van der Waals surface area contributed by atoms with Gasteiger partial charge in [0.05, 0.1) is 50.2 Å². The molecule has 4 aromatic carbocycles. The first-order valence-electron chi connectivity index (χ1n) is 12.6. The zero-order chi connectivity index (χ0) is 35.1. The Morgan fingerprint density at radius 2 is 1.00 bits per heavy atom. The minimum absolute atomic E-state index is 0.0247. The van der Waals surface area contributed by atoms with Crippen molar-refractivity contribution in [3.05, 3.63) is 137 Å². The Kier molecular flexibility index (Phi) is 12.9. The Balaban J connectivity index is 0.000000263. The first kappa shape index (κ1) is 35.8. The Hall–Kier alpha value is -7.44. The molecule has 0 saturated carbocycles. The van der Waals surface area contributed by atoms with E-state index in [9.17, 15) is 35.4 Å². The number of nitrogens with zero attached hydrogens (tertiary/aromatic N) is 7. The highest BCUT2D eigenvalue weighted by atomic mass is 16.6. The van der Waals surface area contributed by atoms with Crippen LogP contribution in [-0.4, -0.2) is 30.1 Å². The van der Waals surface area contributed by atoms with Gasteiger partial charge in [-0.25, -0.2) is 0 Å². The number of nitro benzene ring substituents is 3. The molecule has 0 saturated heterocycles. The highest BCUT2D eigenvalue weighted by molar-refractivity contribution is 5.52. The van der Waals surface area contributed by atoms with Crippen molar-refractivity contribution in [2.75, 3.05) is 0 Å². The smallest absolute Gasteiger partial charge is 0.270 e. The van der Waals surface area contributed by atoms with Crippen LogP contribution in [0.25, 0.3) is 0 Å². The van der Waals surface area contributed by atoms with Crippen molar-refractivity contribution in [1.82, 2.24) is 0 Å². The molecular formula is C30H19N7O10. The van der Waals surface area contributed by atoms with E-state index in [2.05, 4.69) is 0 Å². The van der Waals surface area contributed by atoms with Gasteiger partial charge in [-0.15, -0.1) is 0 Å². The van der Waals surface area contributed by atoms with Crippen LogP contribution in [-0.2, 0) is 13.2 Å². The van der Waals surface area contributed by atoms with E-state index in [4.69, 9.17) is 36.0 Å². The number of aromatic hydroxyl groups is 1. The number of rotatable bonds is 7. The standard InChI is InChI=1S/C15H9N3O4.C8H3N3O2.C7H7NO4/c16-7-10-1-3-14(6-11(10)8-17)22-15-4-2-13(18(20)21)5-12(15)9-19;9-4-6-1-2-8(11(12)13)3-7(6)5-10;9-4-5-3-6(8(11)12)1-2-7(5)10/h1-6,19H,9H2;1-3H;1-3,9-10H,4H2. The maximum absolute atomic E-state index is 10.7. The van der Waals surface area contributed by atoms with E-state index in [0.29, 0.717) is 5.75 Å². The number of nitro groups is 3. The number of nitriles is 4. The van der Waals surface area contributed by atoms with Crippen molar-refractivity contribution in [3.8, 4) is 41.5 Å². The van der Waals surface area contributed by atoms with Gasteiger partial charge in [-0.2, -0.15) is 21.0 Å². The van der Waals surface area contributed by atoms with Crippen molar-refractivity contribution in [1.29, 1.82) is 21.0 Å². The van der Waals surface area contributed by atoms with E-state index in [1.165, 1.54) is 60.7 Å². The monoisotopic (exact) mass is 637 g/mol. The van der Waals surface area contributed by atoms with Crippen molar-refractivity contribution >= 4 is 17.1 Å². The largest absolute Gasteiger partial charge is 0.508 e. The normalized spacial score (nSPS) is 9.32. The lowest BCUT2D eigenvalue weighted by atomic mass is 10.1. The second kappa shape index (κ2) is 17.0. The Labute approximate surface area is 264 Å². The zero-order valence-electron chi connectivity index (χ0n) is 23.7. The van der Waals surface area contributed by atoms with E-state index in [1.807, 2.05) is 12.1 Å². The van der Waals surface area contributed by atoms with Gasteiger partial charge < -0.3 is 20.1 Å². The molecule has 234 valence electrons. The minimum Gasteiger partial charge on any atom is -0.508 e. The zero-order valence-corrected chi connectivity index (χ0v) is 23.7. The predicted octanol–water partition coefficient (Wildman–Crippen LogP) is 4.75. The second-order valence-corrected chi connectivity index (χ2v) is 8.68. The number of non-ortho nitro benzene ring substituents is 3. The van der Waals surface area contributed by atoms with Crippen LogP contribution in [0.2, 0.25) is 0 Å². The summed E-state index contributed by atoms with van der Waals surface area (Å²) in [6.45, 7) is -0.841. The summed E-state index contributed by atoms with van der Waals surface area (Å²) < 4.78 is 5.53. The molecule has 0 amide bonds. The highest BCUT2D eigenvalue weighted by Crippen LogP contribution is 2.30. The number of hydrogen-bond donors (Lipinski definition) is 3. The molecule has 17 nitrogen and oxygen atoms in total. The molecule has 0 unspecified atom stereocenters. The molecule has 0 aliphatic rings. The number of benzene rings is 4. The van der Waals surface area contributed by atoms with Gasteiger partial charge in [0, 0.05) is 47.5 Å². The summed E-state index contributed by atoms with van der Waals surface area (Å²) in [7, 11) is 0. The van der Waals surface area contributed by atoms with Gasteiger partial charge in [0.15, 0.2) is 0 Å². The number of hydrogen-bond acceptors (Lipinski definition) is 14. The van der Waals surface area contributed by atoms with Gasteiger partial charge in [0.2, 0.25) is 0 Å². The second-order valence-electron chi connectivity index (χ2n) is 8.68. The van der Waals surface area contributed by atoms with Crippen LogP contribution in [0, 0.1) is 75.7 Å². The van der Waals surface area contributed by atoms with Crippen molar-refractivity contribution in [3.63, 3.8) is 0 Å². The van der Waals surface area contributed by atoms with E-state index >= 15 is 0 Å². The van der Waals surface area contributed by atoms with E-state index < -0.39 is 28.0 Å². The summed E-state index contributed by atoms with van der Waals surface area (Å²) >= 11 is 0. The third-order valence-electron chi connectivity index (χ3n) is 5.78. The molecule has 47 heavy (non-hydrogen) atoms. The van der Waals surface area contributed by atoms with Crippen LogP contribution in [0.15, 0.2) is 72.8 Å². The lowest BCUT2D eigenvalue weighted by molar-refractivity contribution is -0.385. The van der Waals surface area contributed by atoms with Crippen LogP contribution < -0.4 is 4.74 Å². The quantitative estimate of drug-likeness (QED) is 0.182. The maximum atomic E-state index is 10.7. The van der Waals surface area contributed by atoms with Gasteiger partial charge in [-0.05, 0) is 36.4 Å². The molecule has 0 bridgehead atoms. The molecule has 0 spiro atoms. The molecule has 17 heteroatoms. The van der Waals surface area contributed by atoms with Crippen molar-refractivity contribution < 1.29 is 34.8 Å². The number of phenols is 1. The third kappa shape index (κ3) is 9.79. The first-order chi connectivity index (χ1) is 22.4. The molecule has 0 atom stereocenters. The number of aliphatic hydroxyl groups excluding tert-OH is 2. The lowest BCUT2D eigenvalue weighted by Gasteiger charge is -2.10. The molecule has 0 aliphatic heterocycles. The number of ether oxygens (including phenoxy) is 1. The average molecular weight is 638 g/mol.